The number of hydrogen-bond acceptors (Lipinski definition) is 5. The van der Waals surface area contributed by atoms with Gasteiger partial charge in [-0.15, -0.1) is 0 Å². The minimum Gasteiger partial charge on any atom is -0.481 e. The first kappa shape index (κ1) is 19.3. The van der Waals surface area contributed by atoms with Gasteiger partial charge in [0.05, 0.1) is 0 Å². The third kappa shape index (κ3) is 4.71. The monoisotopic (exact) mass is 391 g/mol. The first-order valence-corrected chi connectivity index (χ1v) is 10.1. The number of carboxylic acid groups (broad SMARTS) is 1. The molecule has 6 nitrogen and oxygen atoms in total. The van der Waals surface area contributed by atoms with Gasteiger partial charge in [-0.3, -0.25) is 9.69 Å². The van der Waals surface area contributed by atoms with E-state index in [0.717, 1.165) is 37.1 Å². The van der Waals surface area contributed by atoms with Crippen LogP contribution >= 0.6 is 0 Å². The van der Waals surface area contributed by atoms with E-state index in [1.165, 1.54) is 0 Å². The number of hydrogen-bond donors (Lipinski definition) is 1. The Morgan fingerprint density at radius 1 is 1.14 bits per heavy atom. The maximum absolute atomic E-state index is 11.0. The molecule has 2 atom stereocenters. The van der Waals surface area contributed by atoms with Crippen LogP contribution < -0.4 is 0 Å². The molecule has 150 valence electrons. The summed E-state index contributed by atoms with van der Waals surface area (Å²) in [6.45, 7) is 1.75. The van der Waals surface area contributed by atoms with Crippen LogP contribution in [0.4, 0.5) is 0 Å². The van der Waals surface area contributed by atoms with Crippen molar-refractivity contribution in [1.29, 1.82) is 0 Å². The number of aromatic nitrogens is 2. The fourth-order valence-corrected chi connectivity index (χ4v) is 4.09. The number of likely N-dealkylation sites (tertiary alicyclic amines) is 1. The van der Waals surface area contributed by atoms with Crippen LogP contribution in [0.3, 0.4) is 0 Å². The molecule has 3 aromatic rings. The van der Waals surface area contributed by atoms with Crippen LogP contribution in [0.5, 0.6) is 0 Å². The third-order valence-corrected chi connectivity index (χ3v) is 5.50. The Morgan fingerprint density at radius 3 is 2.59 bits per heavy atom. The fourth-order valence-electron chi connectivity index (χ4n) is 4.09. The Labute approximate surface area is 170 Å². The summed E-state index contributed by atoms with van der Waals surface area (Å²) in [4.78, 5) is 18.1. The van der Waals surface area contributed by atoms with Crippen LogP contribution in [0, 0.1) is 5.92 Å². The van der Waals surface area contributed by atoms with Crippen molar-refractivity contribution in [2.75, 3.05) is 13.1 Å². The highest BCUT2D eigenvalue weighted by atomic mass is 16.5. The molecule has 2 heterocycles. The lowest BCUT2D eigenvalue weighted by Gasteiger charge is -2.36. The Bertz CT molecular complexity index is 927. The van der Waals surface area contributed by atoms with Crippen LogP contribution in [0.1, 0.15) is 43.2 Å². The highest BCUT2D eigenvalue weighted by Gasteiger charge is 2.32. The van der Waals surface area contributed by atoms with Gasteiger partial charge < -0.3 is 9.63 Å². The lowest BCUT2D eigenvalue weighted by molar-refractivity contribution is -0.137. The topological polar surface area (TPSA) is 79.5 Å². The normalized spacial score (nSPS) is 18.4. The standard InChI is InChI=1S/C23H25N3O3/c27-20(28)14-13-17-8-7-15-26(16-17)21(18-9-3-1-4-10-18)23-24-22(25-29-23)19-11-5-2-6-12-19/h1-6,9-12,17,21H,7-8,13-16H2,(H,27,28). The second kappa shape index (κ2) is 9.01. The number of rotatable bonds is 7. The van der Waals surface area contributed by atoms with Gasteiger partial charge in [-0.1, -0.05) is 65.8 Å². The molecule has 1 aromatic heterocycles. The molecule has 0 spiro atoms. The summed E-state index contributed by atoms with van der Waals surface area (Å²) in [6.07, 6.45) is 3.01. The summed E-state index contributed by atoms with van der Waals surface area (Å²) < 4.78 is 5.73. The molecule has 0 saturated carbocycles. The number of benzene rings is 2. The van der Waals surface area contributed by atoms with E-state index in [4.69, 9.17) is 14.6 Å². The zero-order chi connectivity index (χ0) is 20.1. The zero-order valence-corrected chi connectivity index (χ0v) is 16.3. The fraction of sp³-hybridized carbons (Fsp3) is 0.348. The first-order valence-electron chi connectivity index (χ1n) is 10.1. The molecule has 6 heteroatoms. The van der Waals surface area contributed by atoms with Crippen molar-refractivity contribution in [2.45, 2.75) is 31.7 Å². The summed E-state index contributed by atoms with van der Waals surface area (Å²) in [5.74, 6) is 0.795. The van der Waals surface area contributed by atoms with E-state index in [2.05, 4.69) is 22.2 Å². The van der Waals surface area contributed by atoms with E-state index in [1.807, 2.05) is 48.5 Å². The number of piperidine rings is 1. The summed E-state index contributed by atoms with van der Waals surface area (Å²) in [7, 11) is 0. The van der Waals surface area contributed by atoms with Crippen molar-refractivity contribution in [3.8, 4) is 11.4 Å². The second-order valence-electron chi connectivity index (χ2n) is 7.57. The van der Waals surface area contributed by atoms with Gasteiger partial charge >= 0.3 is 5.97 Å². The second-order valence-corrected chi connectivity index (χ2v) is 7.57. The maximum atomic E-state index is 11.0. The van der Waals surface area contributed by atoms with Crippen LogP contribution in [0.25, 0.3) is 11.4 Å². The summed E-state index contributed by atoms with van der Waals surface area (Å²) in [5, 5.41) is 13.3. The highest BCUT2D eigenvalue weighted by molar-refractivity contribution is 5.66. The average Bonchev–Trinajstić information content (AvgIpc) is 3.24. The molecular weight excluding hydrogens is 366 g/mol. The quantitative estimate of drug-likeness (QED) is 0.643. The van der Waals surface area contributed by atoms with Crippen LogP contribution in [-0.2, 0) is 4.79 Å². The van der Waals surface area contributed by atoms with Crippen molar-refractivity contribution in [3.05, 3.63) is 72.1 Å². The average molecular weight is 391 g/mol. The smallest absolute Gasteiger partial charge is 0.303 e. The summed E-state index contributed by atoms with van der Waals surface area (Å²) in [6, 6.07) is 19.9. The molecule has 2 unspecified atom stereocenters. The lowest BCUT2D eigenvalue weighted by atomic mass is 9.91. The Balaban J connectivity index is 1.61. The third-order valence-electron chi connectivity index (χ3n) is 5.50. The summed E-state index contributed by atoms with van der Waals surface area (Å²) >= 11 is 0. The van der Waals surface area contributed by atoms with Crippen molar-refractivity contribution in [1.82, 2.24) is 15.0 Å². The summed E-state index contributed by atoms with van der Waals surface area (Å²) in [5.41, 5.74) is 2.03. The Morgan fingerprint density at radius 2 is 1.86 bits per heavy atom. The van der Waals surface area contributed by atoms with Crippen molar-refractivity contribution >= 4 is 5.97 Å². The van der Waals surface area contributed by atoms with Crippen molar-refractivity contribution in [3.63, 3.8) is 0 Å². The highest BCUT2D eigenvalue weighted by Crippen LogP contribution is 2.33. The zero-order valence-electron chi connectivity index (χ0n) is 16.3. The van der Waals surface area contributed by atoms with Gasteiger partial charge in [0.25, 0.3) is 0 Å². The van der Waals surface area contributed by atoms with Gasteiger partial charge in [-0.2, -0.15) is 4.98 Å². The van der Waals surface area contributed by atoms with Gasteiger partial charge in [0, 0.05) is 18.5 Å². The van der Waals surface area contributed by atoms with E-state index in [9.17, 15) is 4.79 Å². The number of carboxylic acids is 1. The SMILES string of the molecule is O=C(O)CCC1CCCN(C(c2ccccc2)c2nc(-c3ccccc3)no2)C1. The van der Waals surface area contributed by atoms with Gasteiger partial charge in [0.2, 0.25) is 11.7 Å². The number of aliphatic carboxylic acids is 1. The van der Waals surface area contributed by atoms with E-state index < -0.39 is 5.97 Å². The largest absolute Gasteiger partial charge is 0.481 e. The molecule has 0 aliphatic carbocycles. The molecule has 1 N–H and O–H groups in total. The van der Waals surface area contributed by atoms with Gasteiger partial charge in [-0.25, -0.2) is 0 Å². The minimum absolute atomic E-state index is 0.131. The van der Waals surface area contributed by atoms with Crippen LogP contribution in [0.15, 0.2) is 65.2 Å². The van der Waals surface area contributed by atoms with E-state index in [-0.39, 0.29) is 12.5 Å². The molecule has 0 amide bonds. The number of carbonyl (C=O) groups is 1. The van der Waals surface area contributed by atoms with E-state index in [1.54, 1.807) is 0 Å². The Hall–Kier alpha value is -2.99. The Kier molecular flexibility index (Phi) is 6.00. The first-order chi connectivity index (χ1) is 14.2. The molecule has 4 rings (SSSR count). The molecule has 1 aliphatic heterocycles. The maximum Gasteiger partial charge on any atom is 0.303 e. The van der Waals surface area contributed by atoms with Crippen LogP contribution in [0.2, 0.25) is 0 Å². The molecule has 2 aromatic carbocycles. The minimum atomic E-state index is -0.730. The number of nitrogens with zero attached hydrogens (tertiary/aromatic N) is 3. The lowest BCUT2D eigenvalue weighted by Crippen LogP contribution is -2.39. The van der Waals surface area contributed by atoms with Gasteiger partial charge in [0.15, 0.2) is 0 Å². The van der Waals surface area contributed by atoms with E-state index >= 15 is 0 Å². The van der Waals surface area contributed by atoms with Gasteiger partial charge in [0.1, 0.15) is 6.04 Å². The van der Waals surface area contributed by atoms with Crippen molar-refractivity contribution in [2.24, 2.45) is 5.92 Å². The molecular formula is C23H25N3O3. The molecule has 0 bridgehead atoms. The molecule has 1 saturated heterocycles. The predicted molar refractivity (Wildman–Crippen MR) is 109 cm³/mol. The van der Waals surface area contributed by atoms with E-state index in [0.29, 0.717) is 24.1 Å². The van der Waals surface area contributed by atoms with Gasteiger partial charge in [-0.05, 0) is 37.3 Å². The van der Waals surface area contributed by atoms with Crippen molar-refractivity contribution < 1.29 is 14.4 Å². The molecule has 29 heavy (non-hydrogen) atoms. The predicted octanol–water partition coefficient (Wildman–Crippen LogP) is 4.40. The van der Waals surface area contributed by atoms with Crippen LogP contribution in [-0.4, -0.2) is 39.2 Å². The molecule has 1 fully saturated rings. The molecule has 0 radical (unpaired) electrons. The molecule has 1 aliphatic rings.